The smallest absolute Gasteiger partial charge is 0.387 e. The topological polar surface area (TPSA) is 106 Å². The molecule has 3 aromatic rings. The number of hydrogen-bond donors (Lipinski definition) is 2. The Morgan fingerprint density at radius 3 is 2.68 bits per heavy atom. The molecule has 0 saturated carbocycles. The van der Waals surface area contributed by atoms with Crippen LogP contribution in [0.2, 0.25) is 0 Å². The maximum Gasteiger partial charge on any atom is 0.387 e. The number of nitrogens with one attached hydrogen (secondary N) is 2. The van der Waals surface area contributed by atoms with Gasteiger partial charge in [-0.25, -0.2) is 15.0 Å². The third-order valence-electron chi connectivity index (χ3n) is 3.23. The van der Waals surface area contributed by atoms with Crippen molar-refractivity contribution in [1.29, 1.82) is 0 Å². The SMILES string of the molecule is O=C(Cc1csc(NC(=O)c2ncccn2)n1)Nc1cccc(OC(F)F)c1. The van der Waals surface area contributed by atoms with Gasteiger partial charge in [-0.2, -0.15) is 8.78 Å². The summed E-state index contributed by atoms with van der Waals surface area (Å²) in [6.07, 6.45) is 2.83. The molecule has 1 aromatic carbocycles. The molecule has 0 atom stereocenters. The zero-order chi connectivity index (χ0) is 19.9. The lowest BCUT2D eigenvalue weighted by Crippen LogP contribution is -2.16. The summed E-state index contributed by atoms with van der Waals surface area (Å²) in [5, 5.41) is 7.05. The summed E-state index contributed by atoms with van der Waals surface area (Å²) in [7, 11) is 0. The number of rotatable bonds is 7. The van der Waals surface area contributed by atoms with Crippen LogP contribution in [-0.2, 0) is 11.2 Å². The van der Waals surface area contributed by atoms with Gasteiger partial charge in [-0.05, 0) is 18.2 Å². The average molecular weight is 405 g/mol. The van der Waals surface area contributed by atoms with Gasteiger partial charge in [0.2, 0.25) is 11.7 Å². The van der Waals surface area contributed by atoms with E-state index in [4.69, 9.17) is 0 Å². The first-order valence-electron chi connectivity index (χ1n) is 7.87. The van der Waals surface area contributed by atoms with Crippen molar-refractivity contribution in [2.75, 3.05) is 10.6 Å². The van der Waals surface area contributed by atoms with Gasteiger partial charge in [-0.15, -0.1) is 11.3 Å². The highest BCUT2D eigenvalue weighted by Gasteiger charge is 2.13. The molecule has 11 heteroatoms. The van der Waals surface area contributed by atoms with E-state index in [-0.39, 0.29) is 18.0 Å². The Labute approximate surface area is 161 Å². The zero-order valence-electron chi connectivity index (χ0n) is 14.1. The predicted octanol–water partition coefficient (Wildman–Crippen LogP) is 2.97. The molecule has 0 spiro atoms. The van der Waals surface area contributed by atoms with Gasteiger partial charge in [0.1, 0.15) is 5.75 Å². The second kappa shape index (κ2) is 8.95. The number of halogens is 2. The minimum absolute atomic E-state index is 0.00268. The number of benzene rings is 1. The zero-order valence-corrected chi connectivity index (χ0v) is 15.0. The van der Waals surface area contributed by atoms with Crippen LogP contribution in [0.5, 0.6) is 5.75 Å². The highest BCUT2D eigenvalue weighted by Crippen LogP contribution is 2.20. The molecule has 0 aliphatic rings. The van der Waals surface area contributed by atoms with E-state index in [1.54, 1.807) is 17.5 Å². The van der Waals surface area contributed by atoms with Crippen LogP contribution in [-0.4, -0.2) is 33.4 Å². The largest absolute Gasteiger partial charge is 0.435 e. The Kier molecular flexibility index (Phi) is 6.17. The van der Waals surface area contributed by atoms with Crippen molar-refractivity contribution >= 4 is 34.0 Å². The van der Waals surface area contributed by atoms with E-state index in [1.807, 2.05) is 0 Å². The lowest BCUT2D eigenvalue weighted by molar-refractivity contribution is -0.115. The number of thiazole rings is 1. The van der Waals surface area contributed by atoms with E-state index in [9.17, 15) is 18.4 Å². The molecular formula is C17H13F2N5O3S. The van der Waals surface area contributed by atoms with Crippen LogP contribution in [0, 0.1) is 0 Å². The van der Waals surface area contributed by atoms with Gasteiger partial charge in [-0.1, -0.05) is 6.07 Å². The summed E-state index contributed by atoms with van der Waals surface area (Å²) in [5.74, 6) is -0.969. The number of amides is 2. The third-order valence-corrected chi connectivity index (χ3v) is 4.03. The predicted molar refractivity (Wildman–Crippen MR) is 97.5 cm³/mol. The van der Waals surface area contributed by atoms with Crippen LogP contribution in [0.1, 0.15) is 16.3 Å². The molecule has 0 unspecified atom stereocenters. The lowest BCUT2D eigenvalue weighted by atomic mass is 10.2. The summed E-state index contributed by atoms with van der Waals surface area (Å²) in [6.45, 7) is -2.95. The third kappa shape index (κ3) is 5.51. The quantitative estimate of drug-likeness (QED) is 0.626. The number of alkyl halides is 2. The molecule has 0 fully saturated rings. The second-order valence-corrected chi connectivity index (χ2v) is 6.16. The van der Waals surface area contributed by atoms with Crippen LogP contribution < -0.4 is 15.4 Å². The van der Waals surface area contributed by atoms with Crippen LogP contribution in [0.4, 0.5) is 19.6 Å². The van der Waals surface area contributed by atoms with Crippen molar-refractivity contribution in [3.8, 4) is 5.75 Å². The molecule has 0 aliphatic carbocycles. The van der Waals surface area contributed by atoms with Gasteiger partial charge in [0.05, 0.1) is 12.1 Å². The summed E-state index contributed by atoms with van der Waals surface area (Å²) in [4.78, 5) is 35.9. The van der Waals surface area contributed by atoms with Gasteiger partial charge >= 0.3 is 6.61 Å². The molecule has 28 heavy (non-hydrogen) atoms. The molecule has 0 bridgehead atoms. The molecule has 0 aliphatic heterocycles. The fourth-order valence-corrected chi connectivity index (χ4v) is 2.84. The molecule has 2 amide bonds. The fourth-order valence-electron chi connectivity index (χ4n) is 2.13. The molecule has 0 radical (unpaired) electrons. The number of carbonyl (C=O) groups is 2. The van der Waals surface area contributed by atoms with Gasteiger partial charge < -0.3 is 10.1 Å². The van der Waals surface area contributed by atoms with E-state index in [1.165, 1.54) is 30.6 Å². The number of nitrogens with zero attached hydrogens (tertiary/aromatic N) is 3. The molecular weight excluding hydrogens is 392 g/mol. The van der Waals surface area contributed by atoms with Crippen LogP contribution >= 0.6 is 11.3 Å². The highest BCUT2D eigenvalue weighted by molar-refractivity contribution is 7.14. The normalized spacial score (nSPS) is 10.5. The first-order valence-corrected chi connectivity index (χ1v) is 8.75. The summed E-state index contributed by atoms with van der Waals surface area (Å²) >= 11 is 1.15. The minimum Gasteiger partial charge on any atom is -0.435 e. The van der Waals surface area contributed by atoms with Crippen molar-refractivity contribution in [2.24, 2.45) is 0 Å². The second-order valence-electron chi connectivity index (χ2n) is 5.30. The Bertz CT molecular complexity index is 968. The number of carbonyl (C=O) groups excluding carboxylic acids is 2. The maximum absolute atomic E-state index is 12.2. The van der Waals surface area contributed by atoms with E-state index >= 15 is 0 Å². The monoisotopic (exact) mass is 405 g/mol. The van der Waals surface area contributed by atoms with Gasteiger partial charge in [0.15, 0.2) is 5.13 Å². The average Bonchev–Trinajstić information content (AvgIpc) is 3.08. The van der Waals surface area contributed by atoms with E-state index in [0.29, 0.717) is 16.5 Å². The first-order chi connectivity index (χ1) is 13.5. The van der Waals surface area contributed by atoms with Crippen LogP contribution in [0.25, 0.3) is 0 Å². The van der Waals surface area contributed by atoms with Crippen molar-refractivity contribution < 1.29 is 23.1 Å². The van der Waals surface area contributed by atoms with Crippen molar-refractivity contribution in [1.82, 2.24) is 15.0 Å². The van der Waals surface area contributed by atoms with Crippen molar-refractivity contribution in [2.45, 2.75) is 13.0 Å². The Hall–Kier alpha value is -3.47. The molecule has 0 saturated heterocycles. The summed E-state index contributed by atoms with van der Waals surface area (Å²) in [5.41, 5.74) is 0.750. The highest BCUT2D eigenvalue weighted by atomic mass is 32.1. The number of ether oxygens (including phenoxy) is 1. The van der Waals surface area contributed by atoms with E-state index in [2.05, 4.69) is 30.3 Å². The van der Waals surface area contributed by atoms with E-state index in [0.717, 1.165) is 11.3 Å². The Morgan fingerprint density at radius 1 is 1.14 bits per heavy atom. The molecule has 3 rings (SSSR count). The maximum atomic E-state index is 12.2. The summed E-state index contributed by atoms with van der Waals surface area (Å²) < 4.78 is 28.8. The molecule has 2 heterocycles. The molecule has 144 valence electrons. The fraction of sp³-hybridized carbons (Fsp3) is 0.118. The van der Waals surface area contributed by atoms with Crippen molar-refractivity contribution in [3.63, 3.8) is 0 Å². The number of aromatic nitrogens is 3. The molecule has 2 aromatic heterocycles. The van der Waals surface area contributed by atoms with E-state index < -0.39 is 18.4 Å². The summed E-state index contributed by atoms with van der Waals surface area (Å²) in [6, 6.07) is 7.26. The lowest BCUT2D eigenvalue weighted by Gasteiger charge is -2.07. The molecule has 8 nitrogen and oxygen atoms in total. The first kappa shape index (κ1) is 19.3. The van der Waals surface area contributed by atoms with Gasteiger partial charge in [-0.3, -0.25) is 14.9 Å². The number of anilines is 2. The standard InChI is InChI=1S/C17H13F2N5O3S/c18-16(19)27-12-4-1-3-10(7-12)22-13(25)8-11-9-28-17(23-11)24-15(26)14-20-5-2-6-21-14/h1-7,9,16H,8H2,(H,22,25)(H,23,24,26). The Morgan fingerprint density at radius 2 is 1.93 bits per heavy atom. The minimum atomic E-state index is -2.95. The number of hydrogen-bond acceptors (Lipinski definition) is 7. The van der Waals surface area contributed by atoms with Crippen molar-refractivity contribution in [3.05, 3.63) is 59.6 Å². The Balaban J connectivity index is 1.56. The van der Waals surface area contributed by atoms with Gasteiger partial charge in [0, 0.05) is 29.5 Å². The van der Waals surface area contributed by atoms with Crippen LogP contribution in [0.3, 0.4) is 0 Å². The van der Waals surface area contributed by atoms with Crippen LogP contribution in [0.15, 0.2) is 48.1 Å². The van der Waals surface area contributed by atoms with Gasteiger partial charge in [0.25, 0.3) is 5.91 Å². The molecule has 2 N–H and O–H groups in total.